The normalized spacial score (nSPS) is 14.0. The van der Waals surface area contributed by atoms with Crippen molar-refractivity contribution in [1.82, 2.24) is 0 Å². The Labute approximate surface area is 288 Å². The molecule has 0 aromatic heterocycles. The van der Waals surface area contributed by atoms with E-state index in [1.807, 2.05) is 0 Å². The lowest BCUT2D eigenvalue weighted by atomic mass is 10.0. The average Bonchev–Trinajstić information content (AvgIpc) is 3.06. The van der Waals surface area contributed by atoms with Gasteiger partial charge in [0.05, 0.1) is 19.8 Å². The van der Waals surface area contributed by atoms with Gasteiger partial charge in [0.1, 0.15) is 6.10 Å². The van der Waals surface area contributed by atoms with Crippen molar-refractivity contribution in [2.45, 2.75) is 168 Å². The topological polar surface area (TPSA) is 117 Å². The Morgan fingerprint density at radius 3 is 1.79 bits per heavy atom. The molecule has 0 heterocycles. The largest absolute Gasteiger partial charge is 0.472 e. The number of unbranched alkanes of at least 4 members (excludes halogenated alkanes) is 17. The summed E-state index contributed by atoms with van der Waals surface area (Å²) >= 11 is 0. The maximum Gasteiger partial charge on any atom is 0.472 e. The van der Waals surface area contributed by atoms with Gasteiger partial charge >= 0.3 is 13.8 Å². The number of hydrogen-bond donors (Lipinski definition) is 2. The number of carbonyl (C=O) groups excluding carboxylic acids is 1. The molecule has 0 saturated heterocycles. The third-order valence-corrected chi connectivity index (χ3v) is 8.81. The number of esters is 1. The first-order chi connectivity index (χ1) is 22.9. The molecule has 3 N–H and O–H groups in total. The molecule has 2 atom stereocenters. The highest BCUT2D eigenvalue weighted by molar-refractivity contribution is 7.47. The molecule has 0 fully saturated rings. The minimum Gasteiger partial charge on any atom is -0.457 e. The van der Waals surface area contributed by atoms with Crippen LogP contribution in [0.2, 0.25) is 0 Å². The summed E-state index contributed by atoms with van der Waals surface area (Å²) in [4.78, 5) is 22.4. The van der Waals surface area contributed by atoms with Crippen LogP contribution in [-0.4, -0.2) is 49.9 Å². The van der Waals surface area contributed by atoms with E-state index in [0.29, 0.717) is 13.0 Å². The molecule has 0 radical (unpaired) electrons. The van der Waals surface area contributed by atoms with Crippen LogP contribution in [0.1, 0.15) is 162 Å². The highest BCUT2D eigenvalue weighted by Crippen LogP contribution is 2.43. The van der Waals surface area contributed by atoms with Gasteiger partial charge in [-0.15, -0.1) is 0 Å². The summed E-state index contributed by atoms with van der Waals surface area (Å²) in [7, 11) is -4.27. The van der Waals surface area contributed by atoms with E-state index in [-0.39, 0.29) is 32.3 Å². The summed E-state index contributed by atoms with van der Waals surface area (Å²) in [5.41, 5.74) is 5.35. The van der Waals surface area contributed by atoms with E-state index in [2.05, 4.69) is 50.3 Å². The van der Waals surface area contributed by atoms with E-state index in [9.17, 15) is 14.3 Å². The van der Waals surface area contributed by atoms with Crippen LogP contribution < -0.4 is 5.73 Å². The number of allylic oxidation sites excluding steroid dienone is 6. The summed E-state index contributed by atoms with van der Waals surface area (Å²) in [6.45, 7) is 4.75. The molecule has 0 aliphatic carbocycles. The number of phosphoric ester groups is 1. The van der Waals surface area contributed by atoms with Crippen LogP contribution in [0.25, 0.3) is 0 Å². The molecule has 0 spiro atoms. The van der Waals surface area contributed by atoms with E-state index in [4.69, 9.17) is 24.3 Å². The van der Waals surface area contributed by atoms with Crippen molar-refractivity contribution in [3.63, 3.8) is 0 Å². The molecular weight excluding hydrogens is 613 g/mol. The van der Waals surface area contributed by atoms with Crippen molar-refractivity contribution in [2.24, 2.45) is 5.73 Å². The smallest absolute Gasteiger partial charge is 0.457 e. The molecule has 9 heteroatoms. The lowest BCUT2D eigenvalue weighted by Crippen LogP contribution is -2.28. The minimum atomic E-state index is -4.27. The minimum absolute atomic E-state index is 0.0967. The summed E-state index contributed by atoms with van der Waals surface area (Å²) in [5.74, 6) is -0.339. The highest BCUT2D eigenvalue weighted by Gasteiger charge is 2.25. The summed E-state index contributed by atoms with van der Waals surface area (Å²) in [6, 6.07) is 0. The number of phosphoric acid groups is 1. The van der Waals surface area contributed by atoms with Crippen molar-refractivity contribution in [2.75, 3.05) is 33.0 Å². The zero-order valence-corrected chi connectivity index (χ0v) is 31.2. The van der Waals surface area contributed by atoms with Crippen LogP contribution >= 0.6 is 7.82 Å². The van der Waals surface area contributed by atoms with Gasteiger partial charge in [0.15, 0.2) is 0 Å². The van der Waals surface area contributed by atoms with E-state index in [0.717, 1.165) is 70.6 Å². The van der Waals surface area contributed by atoms with Crippen molar-refractivity contribution < 1.29 is 32.8 Å². The van der Waals surface area contributed by atoms with Crippen LogP contribution in [0, 0.1) is 0 Å². The molecule has 0 saturated carbocycles. The van der Waals surface area contributed by atoms with Gasteiger partial charge in [-0.1, -0.05) is 147 Å². The van der Waals surface area contributed by atoms with Crippen molar-refractivity contribution in [3.05, 3.63) is 36.5 Å². The first kappa shape index (κ1) is 45.7. The molecular formula is C38H72NO7P. The fourth-order valence-corrected chi connectivity index (χ4v) is 5.83. The van der Waals surface area contributed by atoms with E-state index < -0.39 is 13.9 Å². The lowest BCUT2D eigenvalue weighted by molar-refractivity contribution is -0.154. The number of rotatable bonds is 36. The third kappa shape index (κ3) is 35.8. The van der Waals surface area contributed by atoms with Crippen LogP contribution in [0.5, 0.6) is 0 Å². The molecule has 0 bridgehead atoms. The molecule has 0 amide bonds. The van der Waals surface area contributed by atoms with Crippen molar-refractivity contribution >= 4 is 13.8 Å². The summed E-state index contributed by atoms with van der Waals surface area (Å²) in [5, 5.41) is 0. The van der Waals surface area contributed by atoms with Gasteiger partial charge in [-0.25, -0.2) is 4.57 Å². The van der Waals surface area contributed by atoms with Gasteiger partial charge in [-0.05, 0) is 44.9 Å². The van der Waals surface area contributed by atoms with E-state index in [1.54, 1.807) is 0 Å². The molecule has 0 aromatic carbocycles. The monoisotopic (exact) mass is 686 g/mol. The Balaban J connectivity index is 4.12. The Morgan fingerprint density at radius 2 is 1.19 bits per heavy atom. The second-order valence-electron chi connectivity index (χ2n) is 12.4. The first-order valence-electron chi connectivity index (χ1n) is 19.0. The summed E-state index contributed by atoms with van der Waals surface area (Å²) < 4.78 is 33.3. The maximum atomic E-state index is 12.5. The number of carbonyl (C=O) groups is 1. The average molecular weight is 686 g/mol. The van der Waals surface area contributed by atoms with Gasteiger partial charge in [-0.3, -0.25) is 13.8 Å². The predicted molar refractivity (Wildman–Crippen MR) is 196 cm³/mol. The standard InChI is InChI=1S/C38H72NO7P/c1-3-5-7-9-11-13-15-17-19-21-23-25-27-29-31-38(40)46-37(36-45-47(41,42)44-34-32-39)35-43-33-30-28-26-24-22-20-18-16-14-12-10-8-6-4-2/h6,8,12,14,18,20,37H,3-5,7,9-11,13,15-17,19,21-36,39H2,1-2H3,(H,41,42)/b8-6-,14-12-,20-18-. The molecule has 0 aromatic rings. The molecule has 0 aliphatic rings. The van der Waals surface area contributed by atoms with Crippen LogP contribution in [0.3, 0.4) is 0 Å². The fourth-order valence-electron chi connectivity index (χ4n) is 5.07. The molecule has 2 unspecified atom stereocenters. The molecule has 8 nitrogen and oxygen atoms in total. The molecule has 276 valence electrons. The molecule has 0 aliphatic heterocycles. The quantitative estimate of drug-likeness (QED) is 0.0290. The molecule has 0 rings (SSSR count). The molecule has 47 heavy (non-hydrogen) atoms. The second kappa shape index (κ2) is 36.0. The first-order valence-corrected chi connectivity index (χ1v) is 20.5. The van der Waals surface area contributed by atoms with Gasteiger partial charge in [-0.2, -0.15) is 0 Å². The van der Waals surface area contributed by atoms with Gasteiger partial charge in [0.25, 0.3) is 0 Å². The SMILES string of the molecule is CC/C=C\C/C=C\C/C=C\CCCCCCOCC(COP(=O)(O)OCCN)OC(=O)CCCCCCCCCCCCCCCC. The van der Waals surface area contributed by atoms with Crippen molar-refractivity contribution in [3.8, 4) is 0 Å². The van der Waals surface area contributed by atoms with Gasteiger partial charge in [0.2, 0.25) is 0 Å². The number of hydrogen-bond acceptors (Lipinski definition) is 7. The van der Waals surface area contributed by atoms with Crippen LogP contribution in [-0.2, 0) is 27.9 Å². The summed E-state index contributed by atoms with van der Waals surface area (Å²) in [6.07, 6.45) is 38.7. The number of ether oxygens (including phenoxy) is 2. The Hall–Kier alpha value is -1.28. The Morgan fingerprint density at radius 1 is 0.660 bits per heavy atom. The van der Waals surface area contributed by atoms with Gasteiger partial charge < -0.3 is 20.1 Å². The number of nitrogens with two attached hydrogens (primary N) is 1. The third-order valence-electron chi connectivity index (χ3n) is 7.82. The fraction of sp³-hybridized carbons (Fsp3) is 0.816. The Bertz CT molecular complexity index is 818. The second-order valence-corrected chi connectivity index (χ2v) is 13.9. The van der Waals surface area contributed by atoms with Crippen LogP contribution in [0.15, 0.2) is 36.5 Å². The van der Waals surface area contributed by atoms with E-state index in [1.165, 1.54) is 70.6 Å². The maximum absolute atomic E-state index is 12.5. The highest BCUT2D eigenvalue weighted by atomic mass is 31.2. The zero-order valence-electron chi connectivity index (χ0n) is 30.3. The van der Waals surface area contributed by atoms with Crippen molar-refractivity contribution in [1.29, 1.82) is 0 Å². The van der Waals surface area contributed by atoms with E-state index >= 15 is 0 Å². The Kier molecular flexibility index (Phi) is 35.0. The zero-order chi connectivity index (χ0) is 34.5. The van der Waals surface area contributed by atoms with Gasteiger partial charge in [0, 0.05) is 19.6 Å². The van der Waals surface area contributed by atoms with Crippen LogP contribution in [0.4, 0.5) is 0 Å². The predicted octanol–water partition coefficient (Wildman–Crippen LogP) is 10.7. The lowest BCUT2D eigenvalue weighted by Gasteiger charge is -2.20.